The number of piperidine rings is 1. The SMILES string of the molecule is O=C(NC[C@H]1CCC[C@@H]1CN1CCC(c2noc3cc(F)ccc23)CC1)c1ccc2c(c1)OCO2. The molecule has 0 bridgehead atoms. The van der Waals surface area contributed by atoms with Crippen LogP contribution in [0.1, 0.15) is 54.1 Å². The third-order valence-electron chi connectivity index (χ3n) is 7.90. The highest BCUT2D eigenvalue weighted by atomic mass is 19.1. The van der Waals surface area contributed by atoms with Crippen LogP contribution < -0.4 is 14.8 Å². The Kier molecular flexibility index (Phi) is 6.06. The Morgan fingerprint density at radius 1 is 1.03 bits per heavy atom. The van der Waals surface area contributed by atoms with Crippen molar-refractivity contribution in [1.29, 1.82) is 0 Å². The molecule has 0 radical (unpaired) electrons. The van der Waals surface area contributed by atoms with Gasteiger partial charge >= 0.3 is 0 Å². The molecule has 8 heteroatoms. The van der Waals surface area contributed by atoms with Crippen molar-refractivity contribution in [2.75, 3.05) is 33.0 Å². The number of carbonyl (C=O) groups excluding carboxylic acids is 1. The Hall–Kier alpha value is -3.13. The van der Waals surface area contributed by atoms with Crippen LogP contribution in [0.15, 0.2) is 40.9 Å². The van der Waals surface area contributed by atoms with Gasteiger partial charge in [-0.2, -0.15) is 0 Å². The molecule has 3 aliphatic rings. The minimum Gasteiger partial charge on any atom is -0.454 e. The van der Waals surface area contributed by atoms with Crippen LogP contribution in [0.2, 0.25) is 0 Å². The summed E-state index contributed by atoms with van der Waals surface area (Å²) in [6, 6.07) is 10.00. The second kappa shape index (κ2) is 9.49. The maximum atomic E-state index is 13.5. The van der Waals surface area contributed by atoms with Crippen LogP contribution in [0.5, 0.6) is 11.5 Å². The molecule has 6 rings (SSSR count). The number of hydrogen-bond donors (Lipinski definition) is 1. The molecular weight excluding hydrogens is 449 g/mol. The number of halogens is 1. The van der Waals surface area contributed by atoms with E-state index in [1.165, 1.54) is 25.0 Å². The van der Waals surface area contributed by atoms with Crippen molar-refractivity contribution in [3.63, 3.8) is 0 Å². The van der Waals surface area contributed by atoms with Crippen molar-refractivity contribution >= 4 is 16.9 Å². The van der Waals surface area contributed by atoms with Gasteiger partial charge in [-0.05, 0) is 80.9 Å². The molecule has 184 valence electrons. The van der Waals surface area contributed by atoms with Crippen molar-refractivity contribution in [3.8, 4) is 11.5 Å². The van der Waals surface area contributed by atoms with Gasteiger partial charge in [-0.15, -0.1) is 0 Å². The number of hydrogen-bond acceptors (Lipinski definition) is 6. The number of fused-ring (bicyclic) bond motifs is 2. The van der Waals surface area contributed by atoms with E-state index < -0.39 is 0 Å². The number of benzene rings is 2. The third kappa shape index (κ3) is 4.59. The lowest BCUT2D eigenvalue weighted by molar-refractivity contribution is 0.0938. The Morgan fingerprint density at radius 3 is 2.74 bits per heavy atom. The van der Waals surface area contributed by atoms with E-state index in [1.54, 1.807) is 24.3 Å². The molecule has 0 unspecified atom stereocenters. The second-order valence-electron chi connectivity index (χ2n) is 10.0. The molecule has 7 nitrogen and oxygen atoms in total. The van der Waals surface area contributed by atoms with Gasteiger partial charge in [-0.3, -0.25) is 4.79 Å². The highest BCUT2D eigenvalue weighted by molar-refractivity contribution is 5.94. The van der Waals surface area contributed by atoms with Crippen molar-refractivity contribution in [2.24, 2.45) is 11.8 Å². The summed E-state index contributed by atoms with van der Waals surface area (Å²) in [5.41, 5.74) is 2.10. The quantitative estimate of drug-likeness (QED) is 0.551. The fraction of sp³-hybridized carbons (Fsp3) is 0.481. The number of carbonyl (C=O) groups is 1. The highest BCUT2D eigenvalue weighted by Gasteiger charge is 2.32. The van der Waals surface area contributed by atoms with E-state index in [4.69, 9.17) is 14.0 Å². The topological polar surface area (TPSA) is 76.8 Å². The van der Waals surface area contributed by atoms with Crippen molar-refractivity contribution in [2.45, 2.75) is 38.0 Å². The van der Waals surface area contributed by atoms with E-state index in [0.29, 0.717) is 46.9 Å². The molecular formula is C27H30FN3O4. The summed E-state index contributed by atoms with van der Waals surface area (Å²) in [7, 11) is 0. The molecule has 2 atom stereocenters. The van der Waals surface area contributed by atoms with Crippen LogP contribution in [-0.2, 0) is 0 Å². The molecule has 2 aromatic carbocycles. The lowest BCUT2D eigenvalue weighted by Crippen LogP contribution is -2.39. The average molecular weight is 480 g/mol. The minimum absolute atomic E-state index is 0.0607. The summed E-state index contributed by atoms with van der Waals surface area (Å²) in [5, 5.41) is 8.35. The van der Waals surface area contributed by atoms with Gasteiger partial charge in [0.1, 0.15) is 5.82 Å². The van der Waals surface area contributed by atoms with Gasteiger partial charge in [0, 0.05) is 36.0 Å². The van der Waals surface area contributed by atoms with Crippen LogP contribution in [0.3, 0.4) is 0 Å². The third-order valence-corrected chi connectivity index (χ3v) is 7.90. The Morgan fingerprint density at radius 2 is 1.86 bits per heavy atom. The van der Waals surface area contributed by atoms with Crippen molar-refractivity contribution < 1.29 is 23.2 Å². The van der Waals surface area contributed by atoms with Gasteiger partial charge < -0.3 is 24.2 Å². The first-order valence-electron chi connectivity index (χ1n) is 12.6. The molecule has 1 aliphatic carbocycles. The first-order chi connectivity index (χ1) is 17.1. The van der Waals surface area contributed by atoms with Crippen LogP contribution in [0.4, 0.5) is 4.39 Å². The lowest BCUT2D eigenvalue weighted by atomic mass is 9.89. The molecule has 3 aromatic rings. The maximum Gasteiger partial charge on any atom is 0.251 e. The van der Waals surface area contributed by atoms with E-state index in [-0.39, 0.29) is 18.5 Å². The molecule has 2 fully saturated rings. The van der Waals surface area contributed by atoms with Crippen LogP contribution in [0, 0.1) is 17.7 Å². The second-order valence-corrected chi connectivity index (χ2v) is 10.0. The van der Waals surface area contributed by atoms with E-state index >= 15 is 0 Å². The fourth-order valence-corrected chi connectivity index (χ4v) is 5.93. The smallest absolute Gasteiger partial charge is 0.251 e. The summed E-state index contributed by atoms with van der Waals surface area (Å²) in [6.07, 6.45) is 5.63. The average Bonchev–Trinajstić information content (AvgIpc) is 3.62. The van der Waals surface area contributed by atoms with E-state index in [9.17, 15) is 9.18 Å². The molecule has 1 N–H and O–H groups in total. The molecule has 0 spiro atoms. The monoisotopic (exact) mass is 479 g/mol. The van der Waals surface area contributed by atoms with Crippen LogP contribution in [0.25, 0.3) is 11.0 Å². The van der Waals surface area contributed by atoms with Crippen molar-refractivity contribution in [1.82, 2.24) is 15.4 Å². The molecule has 1 amide bonds. The number of likely N-dealkylation sites (tertiary alicyclic amines) is 1. The molecule has 35 heavy (non-hydrogen) atoms. The van der Waals surface area contributed by atoms with Crippen LogP contribution in [-0.4, -0.2) is 48.9 Å². The summed E-state index contributed by atoms with van der Waals surface area (Å²) in [6.45, 7) is 4.02. The minimum atomic E-state index is -0.298. The summed E-state index contributed by atoms with van der Waals surface area (Å²) < 4.78 is 29.6. The number of rotatable bonds is 6. The highest BCUT2D eigenvalue weighted by Crippen LogP contribution is 2.36. The van der Waals surface area contributed by atoms with E-state index in [2.05, 4.69) is 15.4 Å². The van der Waals surface area contributed by atoms with Gasteiger partial charge in [0.05, 0.1) is 5.69 Å². The number of amides is 1. The maximum absolute atomic E-state index is 13.5. The fourth-order valence-electron chi connectivity index (χ4n) is 5.93. The lowest BCUT2D eigenvalue weighted by Gasteiger charge is -2.34. The van der Waals surface area contributed by atoms with Gasteiger partial charge in [0.2, 0.25) is 6.79 Å². The predicted octanol–water partition coefficient (Wildman–Crippen LogP) is 4.72. The summed E-state index contributed by atoms with van der Waals surface area (Å²) in [4.78, 5) is 15.3. The van der Waals surface area contributed by atoms with Gasteiger partial charge in [-0.1, -0.05) is 11.6 Å². The van der Waals surface area contributed by atoms with E-state index in [1.807, 2.05) is 0 Å². The Balaban J connectivity index is 1.01. The Bertz CT molecular complexity index is 1220. The first kappa shape index (κ1) is 22.3. The number of aromatic nitrogens is 1. The molecule has 1 aromatic heterocycles. The number of nitrogens with one attached hydrogen (secondary N) is 1. The zero-order valence-electron chi connectivity index (χ0n) is 19.7. The largest absolute Gasteiger partial charge is 0.454 e. The predicted molar refractivity (Wildman–Crippen MR) is 128 cm³/mol. The normalized spacial score (nSPS) is 22.7. The molecule has 1 saturated heterocycles. The standard InChI is InChI=1S/C27H30FN3O4/c28-21-5-6-22-24(13-21)35-30-26(22)17-8-10-31(11-9-17)15-20-3-1-2-19(20)14-29-27(32)18-4-7-23-25(12-18)34-16-33-23/h4-7,12-13,17,19-20H,1-3,8-11,14-16H2,(H,29,32)/t19-,20-/m1/s1. The molecule has 1 saturated carbocycles. The molecule has 2 aliphatic heterocycles. The van der Waals surface area contributed by atoms with Gasteiger partial charge in [0.25, 0.3) is 5.91 Å². The zero-order chi connectivity index (χ0) is 23.8. The Labute approximate surface area is 203 Å². The zero-order valence-corrected chi connectivity index (χ0v) is 19.7. The van der Waals surface area contributed by atoms with Crippen LogP contribution >= 0.6 is 0 Å². The number of nitrogens with zero attached hydrogens (tertiary/aromatic N) is 2. The van der Waals surface area contributed by atoms with E-state index in [0.717, 1.165) is 50.0 Å². The summed E-state index contributed by atoms with van der Waals surface area (Å²) in [5.74, 6) is 2.40. The van der Waals surface area contributed by atoms with Gasteiger partial charge in [-0.25, -0.2) is 4.39 Å². The molecule has 3 heterocycles. The van der Waals surface area contributed by atoms with Gasteiger partial charge in [0.15, 0.2) is 17.1 Å². The van der Waals surface area contributed by atoms with Crippen molar-refractivity contribution in [3.05, 3.63) is 53.5 Å². The summed E-state index contributed by atoms with van der Waals surface area (Å²) >= 11 is 0. The first-order valence-corrected chi connectivity index (χ1v) is 12.6. The number of ether oxygens (including phenoxy) is 2.